The van der Waals surface area contributed by atoms with Gasteiger partial charge in [0.05, 0.1) is 82.7 Å². The van der Waals surface area contributed by atoms with Crippen LogP contribution in [0, 0.1) is 0 Å². The van der Waals surface area contributed by atoms with Crippen LogP contribution >= 0.6 is 0 Å². The molecule has 488 valence electrons. The monoisotopic (exact) mass is 1300 g/mol. The maximum absolute atomic E-state index is 11.7. The number of aliphatic hydroxyl groups is 3. The van der Waals surface area contributed by atoms with Crippen LogP contribution in [0.1, 0.15) is 12.8 Å². The lowest BCUT2D eigenvalue weighted by molar-refractivity contribution is 0.0835. The summed E-state index contributed by atoms with van der Waals surface area (Å²) in [5.74, 6) is 4.21. The topological polar surface area (TPSA) is 318 Å². The van der Waals surface area contributed by atoms with E-state index < -0.39 is 15.9 Å². The largest absolute Gasteiger partial charge is 0.394 e. The molecule has 1 aliphatic carbocycles. The fourth-order valence-electron chi connectivity index (χ4n) is 10.9. The van der Waals surface area contributed by atoms with Gasteiger partial charge in [-0.15, -0.1) is 0 Å². The van der Waals surface area contributed by atoms with Gasteiger partial charge in [-0.25, -0.2) is 38.3 Å². The summed E-state index contributed by atoms with van der Waals surface area (Å²) < 4.78 is 34.0. The lowest BCUT2D eigenvalue weighted by atomic mass is 9.89. The third-order valence-corrected chi connectivity index (χ3v) is 17.7. The summed E-state index contributed by atoms with van der Waals surface area (Å²) in [5.41, 5.74) is 13.6. The number of nitrogens with zero attached hydrogens (tertiary/aromatic N) is 19. The van der Waals surface area contributed by atoms with Crippen molar-refractivity contribution in [3.05, 3.63) is 165 Å². The van der Waals surface area contributed by atoms with Crippen molar-refractivity contribution in [3.63, 3.8) is 0 Å². The summed E-state index contributed by atoms with van der Waals surface area (Å²) in [7, 11) is 8.39. The van der Waals surface area contributed by atoms with Gasteiger partial charge >= 0.3 is 0 Å². The number of hydrogen-bond donors (Lipinski definition) is 6. The molecule has 1 aliphatic heterocycles. The number of benzene rings is 3. The molecule has 10 heterocycles. The molecule has 1 saturated carbocycles. The Morgan fingerprint density at radius 2 is 0.895 bits per heavy atom. The summed E-state index contributed by atoms with van der Waals surface area (Å²) >= 11 is 0. The van der Waals surface area contributed by atoms with E-state index in [2.05, 4.69) is 89.6 Å². The van der Waals surface area contributed by atoms with Crippen LogP contribution in [0.15, 0.2) is 165 Å². The number of aliphatic hydroxyl groups excluding tert-OH is 3. The highest BCUT2D eigenvalue weighted by molar-refractivity contribution is 7.91. The summed E-state index contributed by atoms with van der Waals surface area (Å²) in [5, 5.41) is 64.8. The molecule has 14 rings (SSSR count). The molecule has 0 bridgehead atoms. The molecule has 9 aromatic heterocycles. The predicted octanol–water partition coefficient (Wildman–Crippen LogP) is 6.68. The van der Waals surface area contributed by atoms with Crippen LogP contribution in [0.4, 0.5) is 17.5 Å². The highest BCUT2D eigenvalue weighted by Gasteiger charge is 2.29. The van der Waals surface area contributed by atoms with Gasteiger partial charge in [0.1, 0.15) is 17.5 Å². The van der Waals surface area contributed by atoms with Crippen molar-refractivity contribution in [2.75, 3.05) is 66.8 Å². The fraction of sp³-hybridized carbons (Fsp3) is 0.284. The molecule has 1 atom stereocenters. The molecule has 12 aromatic rings. The van der Waals surface area contributed by atoms with Crippen molar-refractivity contribution in [1.29, 1.82) is 0 Å². The quantitative estimate of drug-likeness (QED) is 0.0492. The van der Waals surface area contributed by atoms with Crippen LogP contribution in [0.25, 0.3) is 101 Å². The van der Waals surface area contributed by atoms with Crippen LogP contribution in [-0.2, 0) is 52.1 Å². The van der Waals surface area contributed by atoms with Crippen LogP contribution in [0.5, 0.6) is 0 Å². The summed E-state index contributed by atoms with van der Waals surface area (Å²) in [6, 6.07) is 30.1. The third-order valence-electron chi connectivity index (χ3n) is 16.1. The van der Waals surface area contributed by atoms with E-state index >= 15 is 0 Å². The van der Waals surface area contributed by atoms with E-state index in [9.17, 15) is 18.6 Å². The fourth-order valence-corrected chi connectivity index (χ4v) is 12.2. The van der Waals surface area contributed by atoms with Gasteiger partial charge in [-0.1, -0.05) is 54.6 Å². The minimum atomic E-state index is -2.89. The molecule has 6 N–H and O–H groups in total. The van der Waals surface area contributed by atoms with Crippen molar-refractivity contribution in [2.24, 2.45) is 42.3 Å². The molecule has 3 aromatic carbocycles. The van der Waals surface area contributed by atoms with Crippen molar-refractivity contribution in [2.45, 2.75) is 31.1 Å². The Labute approximate surface area is 548 Å². The molecule has 2 aliphatic rings. The van der Waals surface area contributed by atoms with E-state index in [0.717, 1.165) is 97.8 Å². The summed E-state index contributed by atoms with van der Waals surface area (Å²) in [6.07, 6.45) is 22.7. The molecule has 0 spiro atoms. The van der Waals surface area contributed by atoms with Crippen LogP contribution < -0.4 is 16.0 Å². The second-order valence-corrected chi connectivity index (χ2v) is 25.8. The molecule has 0 amide bonds. The van der Waals surface area contributed by atoms with Gasteiger partial charge in [0.25, 0.3) is 0 Å². The Morgan fingerprint density at radius 3 is 1.26 bits per heavy atom. The number of hydrogen-bond acceptors (Lipinski definition) is 21. The smallest absolute Gasteiger partial charge is 0.161 e. The van der Waals surface area contributed by atoms with Gasteiger partial charge in [-0.05, 0) is 65.9 Å². The zero-order chi connectivity index (χ0) is 66.2. The minimum Gasteiger partial charge on any atom is -0.394 e. The van der Waals surface area contributed by atoms with E-state index in [1.807, 2.05) is 177 Å². The second kappa shape index (κ2) is 28.7. The van der Waals surface area contributed by atoms with E-state index in [-0.39, 0.29) is 36.8 Å². The normalized spacial score (nSPS) is 15.4. The van der Waals surface area contributed by atoms with E-state index in [0.29, 0.717) is 60.0 Å². The van der Waals surface area contributed by atoms with Crippen LogP contribution in [-0.4, -0.2) is 186 Å². The van der Waals surface area contributed by atoms with Crippen molar-refractivity contribution < 1.29 is 23.7 Å². The molecule has 28 heteroatoms. The number of aromatic nitrogens is 18. The Hall–Kier alpha value is -10.7. The van der Waals surface area contributed by atoms with Crippen molar-refractivity contribution in [1.82, 2.24) is 93.5 Å². The molecule has 2 fully saturated rings. The molecule has 0 unspecified atom stereocenters. The maximum Gasteiger partial charge on any atom is 0.161 e. The molecular formula is C67H74N22O5S. The Bertz CT molecular complexity index is 4700. The number of sulfone groups is 1. The predicted molar refractivity (Wildman–Crippen MR) is 363 cm³/mol. The maximum atomic E-state index is 11.7. The molecule has 27 nitrogen and oxygen atoms in total. The zero-order valence-corrected chi connectivity index (χ0v) is 54.3. The van der Waals surface area contributed by atoms with Gasteiger partial charge in [0.15, 0.2) is 27.3 Å². The number of anilines is 3. The van der Waals surface area contributed by atoms with Crippen LogP contribution in [0.3, 0.4) is 0 Å². The second-order valence-electron chi connectivity index (χ2n) is 23.5. The zero-order valence-electron chi connectivity index (χ0n) is 53.5. The first-order chi connectivity index (χ1) is 45.9. The third kappa shape index (κ3) is 16.1. The molecule has 1 saturated heterocycles. The van der Waals surface area contributed by atoms with Gasteiger partial charge in [-0.2, -0.15) is 30.6 Å². The highest BCUT2D eigenvalue weighted by atomic mass is 32.2. The van der Waals surface area contributed by atoms with E-state index in [1.165, 1.54) is 0 Å². The lowest BCUT2D eigenvalue weighted by Gasteiger charge is -2.32. The Kier molecular flexibility index (Phi) is 19.5. The molecule has 0 radical (unpaired) electrons. The van der Waals surface area contributed by atoms with Gasteiger partial charge in [-0.3, -0.25) is 33.0 Å². The average molecular weight is 1300 g/mol. The van der Waals surface area contributed by atoms with Gasteiger partial charge < -0.3 is 31.3 Å². The SMILES string of the molecule is Cn1cc(-c2cccc(-c3ncc(-c4ccn(C)n4)c(NC4CC(O)C4)n3)c2)cn1.Cn1cc(-c2cccc(-c3ncc(-c4ccn(C)n4)c(NCCN4CCS(=O)(=O)CC4)n3)c2)cn1.Cn1cc(-c2cccc(-c3ncc(-c4ccn(C)n4)c(NC[C@H](O)CO)n3)c2)cn1. The number of aryl methyl sites for hydroxylation is 6. The van der Waals surface area contributed by atoms with Gasteiger partial charge in [0, 0.05) is 170 Å². The number of nitrogens with one attached hydrogen (secondary N) is 3. The lowest BCUT2D eigenvalue weighted by Crippen LogP contribution is -2.42. The van der Waals surface area contributed by atoms with E-state index in [1.54, 1.807) is 40.5 Å². The van der Waals surface area contributed by atoms with Gasteiger partial charge in [0.2, 0.25) is 0 Å². The first-order valence-electron chi connectivity index (χ1n) is 31.0. The Morgan fingerprint density at radius 1 is 0.505 bits per heavy atom. The Balaban J connectivity index is 0.000000137. The highest BCUT2D eigenvalue weighted by Crippen LogP contribution is 2.34. The first kappa shape index (κ1) is 64.5. The average Bonchev–Trinajstić information content (AvgIpc) is 1.83. The van der Waals surface area contributed by atoms with Crippen molar-refractivity contribution >= 4 is 27.3 Å². The summed E-state index contributed by atoms with van der Waals surface area (Å²) in [6.45, 7) is 2.30. The standard InChI is InChI=1S/C24H28N8O2S.C22H23N7O.C21H23N7O2/c1-30-8-6-22(29-30)21-16-26-23(19-5-3-4-18(14-19)20-15-27-31(2)17-20)28-24(21)25-7-9-32-10-12-35(33,34)13-11-32;1-28-7-6-20(27-28)19-12-23-21(26-22(19)25-17-9-18(30)10-17)15-5-3-4-14(8-15)16-11-24-29(2)13-16;1-27-7-6-19(26-27)18-11-23-20(25-21(18)22-10-17(30)13-29)15-5-3-4-14(8-15)16-9-24-28(2)12-16/h3-6,8,14-17H,7,9-13H2,1-2H3,(H,25,26,28);3-8,11-13,17-18,30H,9-10H2,1-2H3,(H,23,25,26);3-9,11-12,17,29-30H,10,13H2,1-2H3,(H,22,23,25)/t;;17-/m..0/s1. The first-order valence-corrected chi connectivity index (χ1v) is 32.8. The van der Waals surface area contributed by atoms with Crippen molar-refractivity contribution in [3.8, 4) is 101 Å². The minimum absolute atomic E-state index is 0.155. The molecule has 95 heavy (non-hydrogen) atoms. The van der Waals surface area contributed by atoms with E-state index in [4.69, 9.17) is 15.1 Å². The van der Waals surface area contributed by atoms with Crippen LogP contribution in [0.2, 0.25) is 0 Å². The number of rotatable bonds is 19. The molecular weight excluding hydrogens is 1220 g/mol. The summed E-state index contributed by atoms with van der Waals surface area (Å²) in [4.78, 5) is 30.4.